The van der Waals surface area contributed by atoms with Gasteiger partial charge in [-0.2, -0.15) is 5.26 Å². The van der Waals surface area contributed by atoms with Gasteiger partial charge in [-0.05, 0) is 31.9 Å². The van der Waals surface area contributed by atoms with Crippen LogP contribution in [-0.2, 0) is 4.74 Å². The van der Waals surface area contributed by atoms with Gasteiger partial charge in [-0.15, -0.1) is 0 Å². The number of aromatic nitrogens is 1. The zero-order valence-corrected chi connectivity index (χ0v) is 11.8. The highest BCUT2D eigenvalue weighted by Crippen LogP contribution is 2.15. The van der Waals surface area contributed by atoms with E-state index in [2.05, 4.69) is 16.4 Å². The third kappa shape index (κ3) is 3.18. The van der Waals surface area contributed by atoms with Gasteiger partial charge < -0.3 is 15.0 Å². The van der Waals surface area contributed by atoms with Crippen molar-refractivity contribution >= 4 is 11.9 Å². The molecule has 1 N–H and O–H groups in total. The first-order chi connectivity index (χ1) is 9.61. The lowest BCUT2D eigenvalue weighted by atomic mass is 10.1. The Morgan fingerprint density at radius 1 is 1.55 bits per heavy atom. The van der Waals surface area contributed by atoms with Gasteiger partial charge in [0, 0.05) is 19.6 Å². The highest BCUT2D eigenvalue weighted by atomic mass is 16.6. The first-order valence-electron chi connectivity index (χ1n) is 6.65. The van der Waals surface area contributed by atoms with E-state index in [-0.39, 0.29) is 6.09 Å². The van der Waals surface area contributed by atoms with Crippen LogP contribution in [0.4, 0.5) is 10.6 Å². The van der Waals surface area contributed by atoms with Crippen LogP contribution in [0, 0.1) is 25.2 Å². The van der Waals surface area contributed by atoms with E-state index in [1.807, 2.05) is 19.9 Å². The Morgan fingerprint density at radius 2 is 2.35 bits per heavy atom. The van der Waals surface area contributed by atoms with Crippen molar-refractivity contribution in [3.8, 4) is 6.07 Å². The fourth-order valence-electron chi connectivity index (χ4n) is 2.21. The van der Waals surface area contributed by atoms with Crippen LogP contribution < -0.4 is 5.32 Å². The van der Waals surface area contributed by atoms with Gasteiger partial charge in [0.2, 0.25) is 0 Å². The van der Waals surface area contributed by atoms with Gasteiger partial charge in [0.05, 0.1) is 17.9 Å². The van der Waals surface area contributed by atoms with Crippen LogP contribution in [0.1, 0.15) is 23.2 Å². The maximum absolute atomic E-state index is 11.5. The van der Waals surface area contributed by atoms with Crippen molar-refractivity contribution < 1.29 is 9.53 Å². The summed E-state index contributed by atoms with van der Waals surface area (Å²) in [5.41, 5.74) is 2.24. The van der Waals surface area contributed by atoms with Gasteiger partial charge >= 0.3 is 6.09 Å². The Kier molecular flexibility index (Phi) is 4.41. The van der Waals surface area contributed by atoms with E-state index >= 15 is 0 Å². The molecule has 6 nitrogen and oxygen atoms in total. The van der Waals surface area contributed by atoms with Gasteiger partial charge in [-0.3, -0.25) is 0 Å². The van der Waals surface area contributed by atoms with E-state index in [1.54, 1.807) is 4.90 Å². The van der Waals surface area contributed by atoms with Crippen molar-refractivity contribution in [2.24, 2.45) is 0 Å². The number of pyridine rings is 1. The normalized spacial score (nSPS) is 14.7. The van der Waals surface area contributed by atoms with Gasteiger partial charge in [0.25, 0.3) is 0 Å². The number of nitrogens with zero attached hydrogens (tertiary/aromatic N) is 3. The summed E-state index contributed by atoms with van der Waals surface area (Å²) in [4.78, 5) is 17.5. The number of hydrogen-bond acceptors (Lipinski definition) is 5. The Balaban J connectivity index is 1.91. The molecule has 1 aromatic heterocycles. The molecule has 2 rings (SSSR count). The van der Waals surface area contributed by atoms with Crippen molar-refractivity contribution in [3.63, 3.8) is 0 Å². The Bertz CT molecular complexity index is 528. The molecule has 1 aliphatic rings. The second-order valence-corrected chi connectivity index (χ2v) is 4.78. The lowest BCUT2D eigenvalue weighted by molar-refractivity contribution is 0.0746. The van der Waals surface area contributed by atoms with Crippen LogP contribution in [0.2, 0.25) is 0 Å². The average molecular weight is 274 g/mol. The topological polar surface area (TPSA) is 78.2 Å². The van der Waals surface area contributed by atoms with Crippen molar-refractivity contribution in [3.05, 3.63) is 22.9 Å². The smallest absolute Gasteiger partial charge is 0.409 e. The minimum Gasteiger partial charge on any atom is -0.449 e. The highest BCUT2D eigenvalue weighted by Gasteiger charge is 2.18. The molecule has 6 heteroatoms. The Hall–Kier alpha value is -2.29. The number of aryl methyl sites for hydroxylation is 2. The molecule has 0 bridgehead atoms. The summed E-state index contributed by atoms with van der Waals surface area (Å²) in [5.74, 6) is 0.726. The van der Waals surface area contributed by atoms with Crippen molar-refractivity contribution in [2.75, 3.05) is 31.6 Å². The zero-order chi connectivity index (χ0) is 14.5. The van der Waals surface area contributed by atoms with Crippen LogP contribution in [0.3, 0.4) is 0 Å². The van der Waals surface area contributed by atoms with Crippen LogP contribution >= 0.6 is 0 Å². The molecular formula is C14H18N4O2. The van der Waals surface area contributed by atoms with Crippen LogP contribution in [-0.4, -0.2) is 42.2 Å². The molecule has 1 fully saturated rings. The van der Waals surface area contributed by atoms with Crippen LogP contribution in [0.25, 0.3) is 0 Å². The van der Waals surface area contributed by atoms with Gasteiger partial charge in [0.1, 0.15) is 11.9 Å². The number of nitrogens with one attached hydrogen (secondary N) is 1. The van der Waals surface area contributed by atoms with Crippen molar-refractivity contribution in [2.45, 2.75) is 20.3 Å². The maximum atomic E-state index is 11.5. The van der Waals surface area contributed by atoms with Crippen molar-refractivity contribution in [1.82, 2.24) is 9.88 Å². The zero-order valence-electron chi connectivity index (χ0n) is 11.8. The van der Waals surface area contributed by atoms with E-state index in [1.165, 1.54) is 0 Å². The molecule has 1 aromatic rings. The van der Waals surface area contributed by atoms with Crippen LogP contribution in [0.5, 0.6) is 0 Å². The number of rotatable bonds is 4. The minimum atomic E-state index is -0.252. The minimum absolute atomic E-state index is 0.252. The second kappa shape index (κ2) is 6.24. The predicted octanol–water partition coefficient (Wildman–Crippen LogP) is 1.82. The summed E-state index contributed by atoms with van der Waals surface area (Å²) >= 11 is 0. The Labute approximate surface area is 118 Å². The molecule has 1 amide bonds. The quantitative estimate of drug-likeness (QED) is 0.906. The molecule has 106 valence electrons. The number of anilines is 1. The number of cyclic esters (lactones) is 1. The lowest BCUT2D eigenvalue weighted by Crippen LogP contribution is -2.40. The number of hydrogen-bond donors (Lipinski definition) is 1. The molecule has 0 aromatic carbocycles. The number of amides is 1. The number of ether oxygens (including phenoxy) is 1. The SMILES string of the molecule is Cc1cc(NCCN2CCCOC2=O)nc(C)c1C#N. The van der Waals surface area contributed by atoms with Gasteiger partial charge in [0.15, 0.2) is 0 Å². The third-order valence-corrected chi connectivity index (χ3v) is 3.25. The molecule has 1 aliphatic heterocycles. The molecule has 1 saturated heterocycles. The molecule has 0 atom stereocenters. The van der Waals surface area contributed by atoms with Crippen molar-refractivity contribution in [1.29, 1.82) is 5.26 Å². The molecule has 0 aliphatic carbocycles. The number of carbonyl (C=O) groups excluding carboxylic acids is 1. The fraction of sp³-hybridized carbons (Fsp3) is 0.500. The van der Waals surface area contributed by atoms with E-state index in [0.717, 1.165) is 24.3 Å². The summed E-state index contributed by atoms with van der Waals surface area (Å²) in [7, 11) is 0. The first kappa shape index (κ1) is 14.1. The second-order valence-electron chi connectivity index (χ2n) is 4.78. The molecule has 20 heavy (non-hydrogen) atoms. The third-order valence-electron chi connectivity index (χ3n) is 3.25. The summed E-state index contributed by atoms with van der Waals surface area (Å²) in [6, 6.07) is 3.99. The first-order valence-corrected chi connectivity index (χ1v) is 6.65. The monoisotopic (exact) mass is 274 g/mol. The van der Waals surface area contributed by atoms with E-state index in [4.69, 9.17) is 10.00 Å². The highest BCUT2D eigenvalue weighted by molar-refractivity contribution is 5.68. The van der Waals surface area contributed by atoms with E-state index < -0.39 is 0 Å². The van der Waals surface area contributed by atoms with Gasteiger partial charge in [-0.1, -0.05) is 0 Å². The number of carbonyl (C=O) groups is 1. The molecule has 0 radical (unpaired) electrons. The Morgan fingerprint density at radius 3 is 3.00 bits per heavy atom. The molecule has 0 saturated carbocycles. The average Bonchev–Trinajstić information content (AvgIpc) is 2.41. The van der Waals surface area contributed by atoms with Gasteiger partial charge in [-0.25, -0.2) is 9.78 Å². The van der Waals surface area contributed by atoms with E-state index in [9.17, 15) is 4.79 Å². The molecule has 2 heterocycles. The summed E-state index contributed by atoms with van der Waals surface area (Å²) in [5, 5.41) is 12.2. The van der Waals surface area contributed by atoms with Crippen LogP contribution in [0.15, 0.2) is 6.07 Å². The van der Waals surface area contributed by atoms with E-state index in [0.29, 0.717) is 31.0 Å². The number of nitriles is 1. The largest absolute Gasteiger partial charge is 0.449 e. The molecular weight excluding hydrogens is 256 g/mol. The predicted molar refractivity (Wildman–Crippen MR) is 74.5 cm³/mol. The molecule has 0 unspecified atom stereocenters. The molecule has 0 spiro atoms. The fourth-order valence-corrected chi connectivity index (χ4v) is 2.21. The standard InChI is InChI=1S/C14H18N4O2/c1-10-8-13(17-11(2)12(10)9-15)16-4-6-18-5-3-7-20-14(18)19/h8H,3-7H2,1-2H3,(H,16,17). The summed E-state index contributed by atoms with van der Waals surface area (Å²) in [6.45, 7) is 6.14. The summed E-state index contributed by atoms with van der Waals surface area (Å²) in [6.07, 6.45) is 0.622. The lowest BCUT2D eigenvalue weighted by Gasteiger charge is -2.26. The maximum Gasteiger partial charge on any atom is 0.409 e. The summed E-state index contributed by atoms with van der Waals surface area (Å²) < 4.78 is 4.97.